The van der Waals surface area contributed by atoms with Crippen molar-refractivity contribution in [3.63, 3.8) is 0 Å². The van der Waals surface area contributed by atoms with Crippen LogP contribution in [0, 0.1) is 0 Å². The highest BCUT2D eigenvalue weighted by Crippen LogP contribution is 2.26. The fraction of sp³-hybridized carbons (Fsp3) is 0.857. The quantitative estimate of drug-likeness (QED) is 0.667. The first-order valence-corrected chi connectivity index (χ1v) is 3.90. The number of carbonyl (C=O) groups excluding carboxylic acids is 1. The molecule has 0 atom stereocenters. The molecule has 76 valence electrons. The summed E-state index contributed by atoms with van der Waals surface area (Å²) in [4.78, 5) is 10.5. The van der Waals surface area contributed by atoms with Gasteiger partial charge in [0.05, 0.1) is 0 Å². The minimum atomic E-state index is -4.89. The molecule has 1 saturated heterocycles. The monoisotopic (exact) mass is 197 g/mol. The Bertz CT molecular complexity index is 205. The third kappa shape index (κ3) is 2.12. The minimum Gasteiger partial charge on any atom is -0.450 e. The molecule has 0 bridgehead atoms. The van der Waals surface area contributed by atoms with E-state index in [1.165, 1.54) is 0 Å². The van der Waals surface area contributed by atoms with Crippen molar-refractivity contribution in [3.8, 4) is 0 Å². The van der Waals surface area contributed by atoms with Gasteiger partial charge in [0.15, 0.2) is 0 Å². The van der Waals surface area contributed by atoms with E-state index in [-0.39, 0.29) is 0 Å². The Morgan fingerprint density at radius 2 is 2.08 bits per heavy atom. The van der Waals surface area contributed by atoms with E-state index in [1.54, 1.807) is 6.92 Å². The van der Waals surface area contributed by atoms with Crippen LogP contribution in [0.25, 0.3) is 0 Å². The van der Waals surface area contributed by atoms with E-state index in [4.69, 9.17) is 0 Å². The van der Waals surface area contributed by atoms with Gasteiger partial charge >= 0.3 is 12.1 Å². The van der Waals surface area contributed by atoms with Crippen molar-refractivity contribution >= 4 is 5.97 Å². The summed E-state index contributed by atoms with van der Waals surface area (Å²) >= 11 is 0. The molecule has 1 heterocycles. The van der Waals surface area contributed by atoms with Gasteiger partial charge in [-0.1, -0.05) is 6.92 Å². The van der Waals surface area contributed by atoms with Gasteiger partial charge in [-0.25, -0.2) is 4.79 Å². The second-order valence-electron chi connectivity index (χ2n) is 3.03. The second kappa shape index (κ2) is 3.17. The molecule has 0 unspecified atom stereocenters. The lowest BCUT2D eigenvalue weighted by molar-refractivity contribution is -0.218. The van der Waals surface area contributed by atoms with Crippen molar-refractivity contribution < 1.29 is 22.7 Å². The van der Waals surface area contributed by atoms with Crippen LogP contribution < -0.4 is 5.32 Å². The van der Waals surface area contributed by atoms with E-state index in [0.717, 1.165) is 0 Å². The van der Waals surface area contributed by atoms with Gasteiger partial charge in [0.1, 0.15) is 5.60 Å². The maximum atomic E-state index is 11.8. The predicted octanol–water partition coefficient (Wildman–Crippen LogP) is 0.844. The zero-order chi connectivity index (χ0) is 10.1. The molecule has 0 aromatic carbocycles. The maximum Gasteiger partial charge on any atom is 0.490 e. The zero-order valence-corrected chi connectivity index (χ0v) is 7.07. The van der Waals surface area contributed by atoms with Gasteiger partial charge in [-0.15, -0.1) is 0 Å². The highest BCUT2D eigenvalue weighted by Gasteiger charge is 2.48. The van der Waals surface area contributed by atoms with Crippen LogP contribution in [0.5, 0.6) is 0 Å². The first-order valence-electron chi connectivity index (χ1n) is 3.90. The molecular weight excluding hydrogens is 187 g/mol. The van der Waals surface area contributed by atoms with E-state index in [2.05, 4.69) is 10.1 Å². The number of esters is 1. The Kier molecular flexibility index (Phi) is 2.51. The second-order valence-corrected chi connectivity index (χ2v) is 3.03. The van der Waals surface area contributed by atoms with E-state index in [9.17, 15) is 18.0 Å². The fourth-order valence-electron chi connectivity index (χ4n) is 1.05. The minimum absolute atomic E-state index is 0.297. The highest BCUT2D eigenvalue weighted by molar-refractivity contribution is 5.76. The molecule has 0 saturated carbocycles. The largest absolute Gasteiger partial charge is 0.490 e. The topological polar surface area (TPSA) is 38.3 Å². The number of hydrogen-bond acceptors (Lipinski definition) is 3. The van der Waals surface area contributed by atoms with Crippen LogP contribution >= 0.6 is 0 Å². The first kappa shape index (κ1) is 10.3. The third-order valence-electron chi connectivity index (χ3n) is 2.08. The van der Waals surface area contributed by atoms with Crippen LogP contribution in [-0.4, -0.2) is 30.8 Å². The van der Waals surface area contributed by atoms with Gasteiger partial charge in [0.2, 0.25) is 0 Å². The maximum absolute atomic E-state index is 11.8. The van der Waals surface area contributed by atoms with E-state index in [0.29, 0.717) is 19.5 Å². The lowest BCUT2D eigenvalue weighted by atomic mass is 9.94. The van der Waals surface area contributed by atoms with Crippen molar-refractivity contribution in [2.24, 2.45) is 0 Å². The van der Waals surface area contributed by atoms with E-state index < -0.39 is 17.7 Å². The molecule has 0 amide bonds. The number of alkyl halides is 3. The molecular formula is C7H10F3NO2. The average Bonchev–Trinajstić information content (AvgIpc) is 1.94. The lowest BCUT2D eigenvalue weighted by Gasteiger charge is -2.41. The van der Waals surface area contributed by atoms with Gasteiger partial charge < -0.3 is 10.1 Å². The van der Waals surface area contributed by atoms with Crippen molar-refractivity contribution in [2.45, 2.75) is 25.1 Å². The molecule has 0 spiro atoms. The fourth-order valence-corrected chi connectivity index (χ4v) is 1.05. The van der Waals surface area contributed by atoms with Crippen LogP contribution in [-0.2, 0) is 9.53 Å². The Hall–Kier alpha value is -0.780. The molecule has 1 fully saturated rings. The van der Waals surface area contributed by atoms with Crippen LogP contribution in [0.3, 0.4) is 0 Å². The summed E-state index contributed by atoms with van der Waals surface area (Å²) in [6.45, 7) is 2.28. The van der Waals surface area contributed by atoms with Crippen LogP contribution in [0.4, 0.5) is 13.2 Å². The summed E-state index contributed by atoms with van der Waals surface area (Å²) in [6, 6.07) is 0. The Morgan fingerprint density at radius 1 is 1.54 bits per heavy atom. The van der Waals surface area contributed by atoms with Crippen LogP contribution in [0.15, 0.2) is 0 Å². The number of halogens is 3. The normalized spacial score (nSPS) is 20.6. The molecule has 1 rings (SSSR count). The Labute approximate surface area is 73.2 Å². The van der Waals surface area contributed by atoms with Gasteiger partial charge in [-0.05, 0) is 6.42 Å². The van der Waals surface area contributed by atoms with Gasteiger partial charge in [0.25, 0.3) is 0 Å². The molecule has 1 aliphatic rings. The van der Waals surface area contributed by atoms with Gasteiger partial charge in [0, 0.05) is 13.1 Å². The summed E-state index contributed by atoms with van der Waals surface area (Å²) in [5.41, 5.74) is -0.938. The summed E-state index contributed by atoms with van der Waals surface area (Å²) in [5.74, 6) is -2.10. The number of nitrogens with one attached hydrogen (secondary N) is 1. The molecule has 3 nitrogen and oxygen atoms in total. The molecule has 0 aliphatic carbocycles. The Morgan fingerprint density at radius 3 is 2.31 bits per heavy atom. The zero-order valence-electron chi connectivity index (χ0n) is 7.07. The average molecular weight is 197 g/mol. The number of hydrogen-bond donors (Lipinski definition) is 1. The summed E-state index contributed by atoms with van der Waals surface area (Å²) in [7, 11) is 0. The molecule has 6 heteroatoms. The number of carbonyl (C=O) groups is 1. The van der Waals surface area contributed by atoms with Crippen molar-refractivity contribution in [1.82, 2.24) is 5.32 Å². The molecule has 0 aromatic rings. The van der Waals surface area contributed by atoms with E-state index in [1.807, 2.05) is 0 Å². The predicted molar refractivity (Wildman–Crippen MR) is 38.0 cm³/mol. The molecule has 0 aromatic heterocycles. The Balaban J connectivity index is 2.52. The standard InChI is InChI=1S/C7H10F3NO2/c1-2-6(3-11-4-6)13-5(12)7(8,9)10/h11H,2-4H2,1H3. The summed E-state index contributed by atoms with van der Waals surface area (Å²) < 4.78 is 39.7. The van der Waals surface area contributed by atoms with Crippen molar-refractivity contribution in [2.75, 3.05) is 13.1 Å². The molecule has 13 heavy (non-hydrogen) atoms. The molecule has 1 N–H and O–H groups in total. The van der Waals surface area contributed by atoms with Gasteiger partial charge in [-0.3, -0.25) is 0 Å². The summed E-state index contributed by atoms with van der Waals surface area (Å²) in [6.07, 6.45) is -4.50. The molecule has 0 radical (unpaired) electrons. The third-order valence-corrected chi connectivity index (χ3v) is 2.08. The van der Waals surface area contributed by atoms with Crippen molar-refractivity contribution in [1.29, 1.82) is 0 Å². The van der Waals surface area contributed by atoms with Gasteiger partial charge in [-0.2, -0.15) is 13.2 Å². The number of rotatable bonds is 2. The van der Waals surface area contributed by atoms with E-state index >= 15 is 0 Å². The first-order chi connectivity index (χ1) is 5.90. The van der Waals surface area contributed by atoms with Crippen LogP contribution in [0.1, 0.15) is 13.3 Å². The number of ether oxygens (including phenoxy) is 1. The van der Waals surface area contributed by atoms with Crippen LogP contribution in [0.2, 0.25) is 0 Å². The molecule has 1 aliphatic heterocycles. The smallest absolute Gasteiger partial charge is 0.450 e. The summed E-state index contributed by atoms with van der Waals surface area (Å²) in [5, 5.41) is 2.77. The SMILES string of the molecule is CCC1(OC(=O)C(F)(F)F)CNC1. The lowest BCUT2D eigenvalue weighted by Crippen LogP contribution is -2.62. The highest BCUT2D eigenvalue weighted by atomic mass is 19.4. The van der Waals surface area contributed by atoms with Crippen molar-refractivity contribution in [3.05, 3.63) is 0 Å².